The minimum atomic E-state index is -0.465. The van der Waals surface area contributed by atoms with Gasteiger partial charge < -0.3 is 5.32 Å². The van der Waals surface area contributed by atoms with Gasteiger partial charge in [-0.25, -0.2) is 4.99 Å². The fraction of sp³-hybridized carbons (Fsp3) is 0.0417. The molecule has 4 aromatic carbocycles. The summed E-state index contributed by atoms with van der Waals surface area (Å²) in [5, 5.41) is 9.54. The van der Waals surface area contributed by atoms with Gasteiger partial charge in [0.25, 0.3) is 0 Å². The summed E-state index contributed by atoms with van der Waals surface area (Å²) in [7, 11) is 0. The van der Waals surface area contributed by atoms with E-state index in [0.717, 1.165) is 21.8 Å². The van der Waals surface area contributed by atoms with Gasteiger partial charge in [-0.05, 0) is 33.7 Å². The van der Waals surface area contributed by atoms with Crippen molar-refractivity contribution in [2.75, 3.05) is 5.32 Å². The average molecular weight is 399 g/mol. The quantitative estimate of drug-likeness (QED) is 0.183. The van der Waals surface area contributed by atoms with Crippen LogP contribution in [0.2, 0.25) is 0 Å². The van der Waals surface area contributed by atoms with Crippen LogP contribution in [0, 0.1) is 0 Å². The summed E-state index contributed by atoms with van der Waals surface area (Å²) in [5.74, 6) is 0. The van der Waals surface area contributed by atoms with Crippen molar-refractivity contribution >= 4 is 66.0 Å². The first-order chi connectivity index (χ1) is 13.8. The maximum absolute atomic E-state index is 6.45. The molecule has 2 heterocycles. The number of nitrogens with one attached hydrogen (secondary N) is 1. The van der Waals surface area contributed by atoms with Crippen molar-refractivity contribution in [3.8, 4) is 0 Å². The van der Waals surface area contributed by atoms with Crippen molar-refractivity contribution in [3.05, 3.63) is 89.3 Å². The van der Waals surface area contributed by atoms with E-state index in [4.69, 9.17) is 16.6 Å². The molecule has 134 valence electrons. The molecule has 0 spiro atoms. The number of halogens is 1. The highest BCUT2D eigenvalue weighted by atomic mass is 35.5. The molecule has 1 unspecified atom stereocenters. The van der Waals surface area contributed by atoms with Gasteiger partial charge in [-0.3, -0.25) is 0 Å². The normalized spacial score (nSPS) is 16.2. The smallest absolute Gasteiger partial charge is 0.196 e. The molecule has 0 radical (unpaired) electrons. The Kier molecular flexibility index (Phi) is 3.49. The number of aliphatic imine (C=N–C) groups is 1. The van der Waals surface area contributed by atoms with E-state index < -0.39 is 5.62 Å². The third kappa shape index (κ3) is 2.37. The van der Waals surface area contributed by atoms with Gasteiger partial charge in [0.2, 0.25) is 0 Å². The van der Waals surface area contributed by atoms with Crippen LogP contribution in [0.5, 0.6) is 0 Å². The van der Waals surface area contributed by atoms with E-state index in [-0.39, 0.29) is 0 Å². The average Bonchev–Trinajstić information content (AvgIpc) is 3.11. The molecule has 1 N–H and O–H groups in total. The Morgan fingerprint density at radius 2 is 1.54 bits per heavy atom. The predicted molar refractivity (Wildman–Crippen MR) is 122 cm³/mol. The third-order valence-electron chi connectivity index (χ3n) is 5.33. The lowest BCUT2D eigenvalue weighted by Crippen LogP contribution is -2.20. The Bertz CT molecular complexity index is 1420. The van der Waals surface area contributed by atoms with Crippen molar-refractivity contribution in [2.45, 2.75) is 5.62 Å². The van der Waals surface area contributed by atoms with E-state index in [1.165, 1.54) is 31.6 Å². The summed E-state index contributed by atoms with van der Waals surface area (Å²) < 4.78 is 1.24. The molecule has 28 heavy (non-hydrogen) atoms. The lowest BCUT2D eigenvalue weighted by molar-refractivity contribution is 1.03. The molecular weight excluding hydrogens is 384 g/mol. The van der Waals surface area contributed by atoms with Gasteiger partial charge in [0, 0.05) is 15.6 Å². The second kappa shape index (κ2) is 6.06. The first kappa shape index (κ1) is 16.1. The Morgan fingerprint density at radius 3 is 2.46 bits per heavy atom. The minimum absolute atomic E-state index is 0.465. The molecule has 1 aromatic heterocycles. The van der Waals surface area contributed by atoms with E-state index in [9.17, 15) is 0 Å². The molecule has 1 aliphatic rings. The number of hydrogen-bond acceptors (Lipinski definition) is 3. The summed E-state index contributed by atoms with van der Waals surface area (Å²) in [5.41, 5.74) is 2.68. The van der Waals surface area contributed by atoms with Crippen molar-refractivity contribution in [1.82, 2.24) is 0 Å². The molecule has 0 aliphatic carbocycles. The lowest BCUT2D eigenvalue weighted by Gasteiger charge is -2.20. The van der Waals surface area contributed by atoms with Crippen LogP contribution in [0.25, 0.3) is 31.6 Å². The molecule has 0 saturated heterocycles. The number of anilines is 1. The van der Waals surface area contributed by atoms with Crippen molar-refractivity contribution in [2.24, 2.45) is 4.99 Å². The van der Waals surface area contributed by atoms with Crippen LogP contribution in [0.4, 0.5) is 5.69 Å². The maximum atomic E-state index is 6.45. The summed E-state index contributed by atoms with van der Waals surface area (Å²) in [6.07, 6.45) is 0. The highest BCUT2D eigenvalue weighted by Crippen LogP contribution is 2.41. The number of nitrogens with zero attached hydrogens (tertiary/aromatic N) is 1. The van der Waals surface area contributed by atoms with Crippen LogP contribution < -0.4 is 5.32 Å². The molecule has 1 atom stereocenters. The van der Waals surface area contributed by atoms with Crippen molar-refractivity contribution < 1.29 is 0 Å². The Balaban J connectivity index is 1.58. The topological polar surface area (TPSA) is 24.4 Å². The molecule has 6 rings (SSSR count). The fourth-order valence-corrected chi connectivity index (χ4v) is 5.44. The molecule has 5 aromatic rings. The van der Waals surface area contributed by atoms with E-state index in [0.29, 0.717) is 0 Å². The lowest BCUT2D eigenvalue weighted by atomic mass is 9.97. The van der Waals surface area contributed by atoms with Crippen LogP contribution in [0.15, 0.2) is 83.9 Å². The second-order valence-corrected chi connectivity index (χ2v) is 8.45. The minimum Gasteiger partial charge on any atom is -0.350 e. The van der Waals surface area contributed by atoms with Crippen LogP contribution >= 0.6 is 22.9 Å². The molecule has 2 nitrogen and oxygen atoms in total. The monoisotopic (exact) mass is 398 g/mol. The van der Waals surface area contributed by atoms with E-state index in [1.54, 1.807) is 11.3 Å². The van der Waals surface area contributed by atoms with Gasteiger partial charge in [0.15, 0.2) is 5.62 Å². The third-order valence-corrected chi connectivity index (χ3v) is 6.72. The number of hydrogen-bond donors (Lipinski definition) is 1. The molecule has 0 bridgehead atoms. The summed E-state index contributed by atoms with van der Waals surface area (Å²) >= 11 is 8.21. The molecular formula is C24H15ClN2S. The Labute approximate surface area is 171 Å². The van der Waals surface area contributed by atoms with Crippen molar-refractivity contribution in [3.63, 3.8) is 0 Å². The van der Waals surface area contributed by atoms with Gasteiger partial charge in [0.1, 0.15) is 0 Å². The number of thiophene rings is 1. The van der Waals surface area contributed by atoms with Gasteiger partial charge in [-0.15, -0.1) is 11.3 Å². The SMILES string of the molecule is ClC1N=C(c2ccc3c(ccc4ccccc43)c2)c2sc3ccccc3c2N1. The number of rotatable bonds is 1. The van der Waals surface area contributed by atoms with Crippen molar-refractivity contribution in [1.29, 1.82) is 0 Å². The molecule has 4 heteroatoms. The first-order valence-electron chi connectivity index (χ1n) is 9.20. The van der Waals surface area contributed by atoms with Crippen LogP contribution in [0.1, 0.15) is 10.4 Å². The number of fused-ring (bicyclic) bond motifs is 6. The molecule has 1 aliphatic heterocycles. The molecule has 0 fully saturated rings. The van der Waals surface area contributed by atoms with E-state index in [2.05, 4.69) is 84.2 Å². The Hall–Kier alpha value is -2.88. The van der Waals surface area contributed by atoms with Crippen LogP contribution in [-0.2, 0) is 0 Å². The molecule has 0 amide bonds. The standard InChI is InChI=1S/C24H15ClN2S/c25-24-26-21(23-22(27-24)19-7-3-4-8-20(19)28-23)16-11-12-18-15(13-16)10-9-14-5-1-2-6-17(14)18/h1-13,24,27H. The molecule has 0 saturated carbocycles. The Morgan fingerprint density at radius 1 is 0.786 bits per heavy atom. The van der Waals surface area contributed by atoms with Gasteiger partial charge in [-0.1, -0.05) is 78.3 Å². The zero-order valence-electron chi connectivity index (χ0n) is 14.8. The van der Waals surface area contributed by atoms with E-state index in [1.807, 2.05) is 0 Å². The van der Waals surface area contributed by atoms with Gasteiger partial charge in [0.05, 0.1) is 16.3 Å². The highest BCUT2D eigenvalue weighted by molar-refractivity contribution is 7.22. The summed E-state index contributed by atoms with van der Waals surface area (Å²) in [6.45, 7) is 0. The van der Waals surface area contributed by atoms with Gasteiger partial charge >= 0.3 is 0 Å². The van der Waals surface area contributed by atoms with Gasteiger partial charge in [-0.2, -0.15) is 0 Å². The zero-order chi connectivity index (χ0) is 18.7. The van der Waals surface area contributed by atoms with Crippen LogP contribution in [-0.4, -0.2) is 11.3 Å². The highest BCUT2D eigenvalue weighted by Gasteiger charge is 2.24. The summed E-state index contributed by atoms with van der Waals surface area (Å²) in [6, 6.07) is 27.9. The fourth-order valence-electron chi connectivity index (χ4n) is 4.04. The zero-order valence-corrected chi connectivity index (χ0v) is 16.4. The van der Waals surface area contributed by atoms with Crippen LogP contribution in [0.3, 0.4) is 0 Å². The van der Waals surface area contributed by atoms with E-state index >= 15 is 0 Å². The largest absolute Gasteiger partial charge is 0.350 e. The summed E-state index contributed by atoms with van der Waals surface area (Å²) in [4.78, 5) is 5.89. The predicted octanol–water partition coefficient (Wildman–Crippen LogP) is 6.99. The first-order valence-corrected chi connectivity index (χ1v) is 10.5. The number of alkyl halides is 1. The number of benzene rings is 4. The second-order valence-electron chi connectivity index (χ2n) is 6.98. The maximum Gasteiger partial charge on any atom is 0.196 e.